The molecule has 0 atom stereocenters. The van der Waals surface area contributed by atoms with Crippen LogP contribution in [-0.2, 0) is 10.0 Å². The molecule has 0 fully saturated rings. The van der Waals surface area contributed by atoms with Crippen molar-refractivity contribution in [3.63, 3.8) is 0 Å². The lowest BCUT2D eigenvalue weighted by atomic mass is 10.1. The zero-order valence-corrected chi connectivity index (χ0v) is 17.3. The number of nitrogens with zero attached hydrogens (tertiary/aromatic N) is 1. The summed E-state index contributed by atoms with van der Waals surface area (Å²) in [6, 6.07) is 16.8. The number of hydrogen-bond donors (Lipinski definition) is 3. The first-order valence-corrected chi connectivity index (χ1v) is 10.8. The highest BCUT2D eigenvalue weighted by Crippen LogP contribution is 2.19. The Hall–Kier alpha value is -4.18. The molecule has 8 nitrogen and oxygen atoms in total. The summed E-state index contributed by atoms with van der Waals surface area (Å²) in [5, 5.41) is 3.11. The highest BCUT2D eigenvalue weighted by Gasteiger charge is 2.17. The van der Waals surface area contributed by atoms with Crippen molar-refractivity contribution in [3.8, 4) is 5.69 Å². The van der Waals surface area contributed by atoms with Gasteiger partial charge in [-0.25, -0.2) is 22.3 Å². The first-order valence-electron chi connectivity index (χ1n) is 9.34. The van der Waals surface area contributed by atoms with E-state index in [2.05, 4.69) is 5.32 Å². The molecule has 0 aliphatic carbocycles. The topological polar surface area (TPSA) is 123 Å². The van der Waals surface area contributed by atoms with E-state index in [1.807, 2.05) is 4.72 Å². The fourth-order valence-corrected chi connectivity index (χ4v) is 4.06. The van der Waals surface area contributed by atoms with E-state index in [-0.39, 0.29) is 16.0 Å². The molecule has 0 bridgehead atoms. The van der Waals surface area contributed by atoms with Crippen LogP contribution < -0.4 is 21.3 Å². The predicted octanol–water partition coefficient (Wildman–Crippen LogP) is 3.22. The van der Waals surface area contributed by atoms with Gasteiger partial charge in [-0.2, -0.15) is 0 Å². The number of fused-ring (bicyclic) bond motifs is 1. The molecule has 0 saturated heterocycles. The molecule has 0 unspecified atom stereocenters. The average molecular weight is 452 g/mol. The summed E-state index contributed by atoms with van der Waals surface area (Å²) in [5.74, 6) is -0.677. The van der Waals surface area contributed by atoms with Gasteiger partial charge in [0, 0.05) is 17.6 Å². The molecule has 1 heterocycles. The van der Waals surface area contributed by atoms with Crippen molar-refractivity contribution in [1.82, 2.24) is 9.29 Å². The predicted molar refractivity (Wildman–Crippen MR) is 120 cm³/mol. The molecule has 1 aromatic heterocycles. The highest BCUT2D eigenvalue weighted by atomic mass is 32.2. The summed E-state index contributed by atoms with van der Waals surface area (Å²) in [4.78, 5) is 24.8. The van der Waals surface area contributed by atoms with Gasteiger partial charge in [0.1, 0.15) is 5.82 Å². The number of nitrogen functional groups attached to an aromatic ring is 1. The number of rotatable bonds is 4. The van der Waals surface area contributed by atoms with Crippen LogP contribution in [0, 0.1) is 5.82 Å². The van der Waals surface area contributed by atoms with Gasteiger partial charge >= 0.3 is 6.03 Å². The molecule has 0 radical (unpaired) electrons. The molecule has 4 N–H and O–H groups in total. The van der Waals surface area contributed by atoms with E-state index in [1.54, 1.807) is 36.4 Å². The van der Waals surface area contributed by atoms with Crippen molar-refractivity contribution < 1.29 is 17.6 Å². The lowest BCUT2D eigenvalue weighted by Crippen LogP contribution is -2.34. The first-order chi connectivity index (χ1) is 15.2. The molecule has 2 amide bonds. The van der Waals surface area contributed by atoms with Gasteiger partial charge in [-0.15, -0.1) is 0 Å². The van der Waals surface area contributed by atoms with E-state index in [9.17, 15) is 22.4 Å². The SMILES string of the molecule is Nc1cc2ccn(-c3ccc(NC(=O)NS(=O)(=O)c4ccccc4)cc3)c(=O)c2cc1F. The Balaban J connectivity index is 1.54. The molecule has 0 saturated carbocycles. The number of benzene rings is 3. The van der Waals surface area contributed by atoms with Gasteiger partial charge in [0.05, 0.1) is 16.0 Å². The Morgan fingerprint density at radius 3 is 2.34 bits per heavy atom. The fourth-order valence-electron chi connectivity index (χ4n) is 3.13. The van der Waals surface area contributed by atoms with E-state index in [0.717, 1.165) is 6.07 Å². The normalized spacial score (nSPS) is 11.3. The number of aromatic nitrogens is 1. The van der Waals surface area contributed by atoms with Gasteiger partial charge in [0.2, 0.25) is 0 Å². The maximum Gasteiger partial charge on any atom is 0.333 e. The second kappa shape index (κ2) is 8.16. The second-order valence-electron chi connectivity index (χ2n) is 6.87. The zero-order chi connectivity index (χ0) is 22.9. The van der Waals surface area contributed by atoms with E-state index in [0.29, 0.717) is 16.8 Å². The number of nitrogens with two attached hydrogens (primary N) is 1. The molecule has 10 heteroatoms. The van der Waals surface area contributed by atoms with Gasteiger partial charge in [-0.3, -0.25) is 9.36 Å². The van der Waals surface area contributed by atoms with Gasteiger partial charge in [0.25, 0.3) is 15.6 Å². The second-order valence-corrected chi connectivity index (χ2v) is 8.55. The third-order valence-electron chi connectivity index (χ3n) is 4.71. The Kier molecular flexibility index (Phi) is 5.37. The number of pyridine rings is 1. The minimum absolute atomic E-state index is 0.0422. The highest BCUT2D eigenvalue weighted by molar-refractivity contribution is 7.90. The quantitative estimate of drug-likeness (QED) is 0.410. The number of urea groups is 1. The summed E-state index contributed by atoms with van der Waals surface area (Å²) in [5.41, 5.74) is 5.85. The van der Waals surface area contributed by atoms with E-state index >= 15 is 0 Å². The lowest BCUT2D eigenvalue weighted by Gasteiger charge is -2.11. The van der Waals surface area contributed by atoms with Crippen molar-refractivity contribution in [2.45, 2.75) is 4.90 Å². The Bertz CT molecular complexity index is 1480. The van der Waals surface area contributed by atoms with Crippen LogP contribution in [0.2, 0.25) is 0 Å². The van der Waals surface area contributed by atoms with Gasteiger partial charge < -0.3 is 11.1 Å². The van der Waals surface area contributed by atoms with E-state index in [4.69, 9.17) is 5.73 Å². The maximum absolute atomic E-state index is 13.8. The molecule has 3 aromatic carbocycles. The molecule has 0 aliphatic rings. The van der Waals surface area contributed by atoms with Crippen molar-refractivity contribution in [2.24, 2.45) is 0 Å². The Morgan fingerprint density at radius 2 is 1.66 bits per heavy atom. The summed E-state index contributed by atoms with van der Waals surface area (Å²) < 4.78 is 41.5. The smallest absolute Gasteiger partial charge is 0.333 e. The molecule has 162 valence electrons. The van der Waals surface area contributed by atoms with Crippen LogP contribution in [0.25, 0.3) is 16.5 Å². The zero-order valence-electron chi connectivity index (χ0n) is 16.4. The molecule has 32 heavy (non-hydrogen) atoms. The van der Waals surface area contributed by atoms with Crippen molar-refractivity contribution in [2.75, 3.05) is 11.1 Å². The van der Waals surface area contributed by atoms with Crippen molar-refractivity contribution in [1.29, 1.82) is 0 Å². The fraction of sp³-hybridized carbons (Fsp3) is 0. The van der Waals surface area contributed by atoms with Gasteiger partial charge in [-0.05, 0) is 60.0 Å². The largest absolute Gasteiger partial charge is 0.396 e. The molecule has 0 spiro atoms. The number of nitrogens with one attached hydrogen (secondary N) is 2. The number of hydrogen-bond acceptors (Lipinski definition) is 5. The van der Waals surface area contributed by atoms with Crippen LogP contribution in [0.3, 0.4) is 0 Å². The van der Waals surface area contributed by atoms with Crippen LogP contribution in [0.5, 0.6) is 0 Å². The number of halogens is 1. The Labute approximate surface area is 182 Å². The standard InChI is InChI=1S/C22H17FN4O4S/c23-19-13-18-14(12-20(19)24)10-11-27(21(18)28)16-8-6-15(7-9-16)25-22(29)26-32(30,31)17-4-2-1-3-5-17/h1-13H,24H2,(H2,25,26,29). The minimum Gasteiger partial charge on any atom is -0.396 e. The van der Waals surface area contributed by atoms with E-state index < -0.39 is 27.4 Å². The number of amides is 2. The first kappa shape index (κ1) is 21.1. The minimum atomic E-state index is -4.01. The molecule has 0 aliphatic heterocycles. The van der Waals surface area contributed by atoms with Crippen LogP contribution >= 0.6 is 0 Å². The average Bonchev–Trinajstić information content (AvgIpc) is 2.76. The number of carbonyl (C=O) groups is 1. The van der Waals surface area contributed by atoms with Crippen molar-refractivity contribution >= 4 is 38.2 Å². The third kappa shape index (κ3) is 4.16. The van der Waals surface area contributed by atoms with Crippen LogP contribution in [0.15, 0.2) is 88.7 Å². The van der Waals surface area contributed by atoms with Crippen LogP contribution in [0.4, 0.5) is 20.6 Å². The van der Waals surface area contributed by atoms with Gasteiger partial charge in [-0.1, -0.05) is 18.2 Å². The number of anilines is 2. The van der Waals surface area contributed by atoms with Crippen LogP contribution in [0.1, 0.15) is 0 Å². The van der Waals surface area contributed by atoms with Crippen LogP contribution in [-0.4, -0.2) is 19.0 Å². The number of sulfonamides is 1. The molecule has 4 aromatic rings. The molecular weight excluding hydrogens is 435 g/mol. The summed E-state index contributed by atoms with van der Waals surface area (Å²) in [7, 11) is -4.01. The van der Waals surface area contributed by atoms with E-state index in [1.165, 1.54) is 41.1 Å². The number of carbonyl (C=O) groups excluding carboxylic acids is 1. The summed E-state index contributed by atoms with van der Waals surface area (Å²) in [6.07, 6.45) is 1.53. The maximum atomic E-state index is 13.8. The monoisotopic (exact) mass is 452 g/mol. The Morgan fingerprint density at radius 1 is 0.969 bits per heavy atom. The molecular formula is C22H17FN4O4S. The van der Waals surface area contributed by atoms with Gasteiger partial charge in [0.15, 0.2) is 0 Å². The van der Waals surface area contributed by atoms with Crippen molar-refractivity contribution in [3.05, 3.63) is 95.2 Å². The lowest BCUT2D eigenvalue weighted by molar-refractivity contribution is 0.256. The molecule has 4 rings (SSSR count). The third-order valence-corrected chi connectivity index (χ3v) is 6.05. The summed E-state index contributed by atoms with van der Waals surface area (Å²) in [6.45, 7) is 0. The summed E-state index contributed by atoms with van der Waals surface area (Å²) >= 11 is 0.